The molecular formula is C17H30O15. The number of aliphatic hydroxyl groups excluding tert-OH is 10. The lowest BCUT2D eigenvalue weighted by Gasteiger charge is -2.45. The molecule has 0 aromatic carbocycles. The van der Waals surface area contributed by atoms with Crippen LogP contribution in [0.25, 0.3) is 0 Å². The van der Waals surface area contributed by atoms with Crippen LogP contribution >= 0.6 is 0 Å². The molecule has 0 aromatic rings. The van der Waals surface area contributed by atoms with Gasteiger partial charge in [-0.1, -0.05) is 0 Å². The van der Waals surface area contributed by atoms with Gasteiger partial charge in [0, 0.05) is 0 Å². The molecule has 3 rings (SSSR count). The Morgan fingerprint density at radius 3 is 1.66 bits per heavy atom. The van der Waals surface area contributed by atoms with Crippen molar-refractivity contribution >= 4 is 0 Å². The summed E-state index contributed by atoms with van der Waals surface area (Å²) in [7, 11) is 0. The van der Waals surface area contributed by atoms with E-state index in [0.29, 0.717) is 0 Å². The van der Waals surface area contributed by atoms with Crippen LogP contribution in [0.3, 0.4) is 0 Å². The van der Waals surface area contributed by atoms with E-state index in [-0.39, 0.29) is 0 Å². The highest BCUT2D eigenvalue weighted by Crippen LogP contribution is 2.30. The van der Waals surface area contributed by atoms with Crippen LogP contribution in [0.2, 0.25) is 0 Å². The molecule has 3 saturated heterocycles. The van der Waals surface area contributed by atoms with E-state index in [1.165, 1.54) is 0 Å². The minimum Gasteiger partial charge on any atom is -0.394 e. The number of hydrogen-bond donors (Lipinski definition) is 10. The van der Waals surface area contributed by atoms with Crippen LogP contribution in [-0.2, 0) is 23.7 Å². The van der Waals surface area contributed by atoms with Gasteiger partial charge in [-0.05, 0) is 0 Å². The molecule has 188 valence electrons. The van der Waals surface area contributed by atoms with Gasteiger partial charge in [0.1, 0.15) is 67.1 Å². The predicted molar refractivity (Wildman–Crippen MR) is 95.2 cm³/mol. The van der Waals surface area contributed by atoms with Gasteiger partial charge in [-0.3, -0.25) is 0 Å². The third kappa shape index (κ3) is 5.07. The van der Waals surface area contributed by atoms with E-state index in [4.69, 9.17) is 28.8 Å². The lowest BCUT2D eigenvalue weighted by Crippen LogP contribution is -2.64. The summed E-state index contributed by atoms with van der Waals surface area (Å²) in [4.78, 5) is 0. The van der Waals surface area contributed by atoms with Crippen molar-refractivity contribution in [1.29, 1.82) is 0 Å². The van der Waals surface area contributed by atoms with Crippen molar-refractivity contribution in [2.45, 2.75) is 86.0 Å². The molecule has 0 amide bonds. The summed E-state index contributed by atoms with van der Waals surface area (Å²) < 4.78 is 26.4. The lowest BCUT2D eigenvalue weighted by molar-refractivity contribution is -0.358. The number of ether oxygens (including phenoxy) is 5. The first-order chi connectivity index (χ1) is 15.1. The van der Waals surface area contributed by atoms with Gasteiger partial charge >= 0.3 is 0 Å². The van der Waals surface area contributed by atoms with Gasteiger partial charge in [0.25, 0.3) is 0 Å². The average molecular weight is 474 g/mol. The predicted octanol–water partition coefficient (Wildman–Crippen LogP) is -6.93. The second-order valence-corrected chi connectivity index (χ2v) is 7.88. The van der Waals surface area contributed by atoms with Gasteiger partial charge in [0.15, 0.2) is 18.9 Å². The molecule has 0 saturated carbocycles. The zero-order valence-electron chi connectivity index (χ0n) is 16.7. The first-order valence-corrected chi connectivity index (χ1v) is 10.00. The first-order valence-electron chi connectivity index (χ1n) is 10.00. The molecule has 1 unspecified atom stereocenters. The van der Waals surface area contributed by atoms with Crippen LogP contribution in [-0.4, -0.2) is 157 Å². The van der Waals surface area contributed by atoms with Crippen molar-refractivity contribution in [3.63, 3.8) is 0 Å². The Morgan fingerprint density at radius 1 is 0.531 bits per heavy atom. The van der Waals surface area contributed by atoms with Crippen molar-refractivity contribution in [1.82, 2.24) is 0 Å². The maximum atomic E-state index is 10.4. The minimum atomic E-state index is -1.86. The molecule has 14 atom stereocenters. The van der Waals surface area contributed by atoms with Gasteiger partial charge in [0.05, 0.1) is 19.8 Å². The summed E-state index contributed by atoms with van der Waals surface area (Å²) in [6.07, 6.45) is -22.1. The molecule has 3 aliphatic rings. The van der Waals surface area contributed by atoms with E-state index in [1.807, 2.05) is 0 Å². The lowest BCUT2D eigenvalue weighted by atomic mass is 9.97. The van der Waals surface area contributed by atoms with Crippen molar-refractivity contribution < 1.29 is 74.7 Å². The number of hydrogen-bond acceptors (Lipinski definition) is 15. The molecule has 0 spiro atoms. The molecule has 0 bridgehead atoms. The van der Waals surface area contributed by atoms with Gasteiger partial charge < -0.3 is 74.7 Å². The van der Waals surface area contributed by atoms with Crippen LogP contribution < -0.4 is 0 Å². The molecule has 0 aromatic heterocycles. The average Bonchev–Trinajstić information content (AvgIpc) is 3.06. The topological polar surface area (TPSA) is 248 Å². The molecule has 3 aliphatic heterocycles. The Balaban J connectivity index is 1.70. The van der Waals surface area contributed by atoms with E-state index < -0.39 is 106 Å². The Morgan fingerprint density at radius 2 is 1.06 bits per heavy atom. The van der Waals surface area contributed by atoms with Crippen LogP contribution in [0.4, 0.5) is 0 Å². The standard InChI is InChI=1S/C17H30O15/c18-1-4-7(20)9(22)13(26)17(31-4)32-14-6(29-15(27)11(24)10(14)23)3-28-16-12(25)8(21)5(2-19)30-16/h4-27H,1-3H2/t4-,5+,6-,7-,8+,9+,10-,11-,12-,13-,14-,15?,16-,17-/m1/s1. The Hall–Kier alpha value is -0.600. The van der Waals surface area contributed by atoms with E-state index in [9.17, 15) is 46.0 Å². The molecule has 15 nitrogen and oxygen atoms in total. The fraction of sp³-hybridized carbons (Fsp3) is 1.00. The Kier molecular flexibility index (Phi) is 8.75. The highest BCUT2D eigenvalue weighted by Gasteiger charge is 2.51. The molecule has 0 radical (unpaired) electrons. The summed E-state index contributed by atoms with van der Waals surface area (Å²) in [6, 6.07) is 0. The van der Waals surface area contributed by atoms with E-state index in [0.717, 1.165) is 0 Å². The molecule has 0 aliphatic carbocycles. The van der Waals surface area contributed by atoms with Gasteiger partial charge in [-0.25, -0.2) is 0 Å². The minimum absolute atomic E-state index is 0.532. The third-order valence-electron chi connectivity index (χ3n) is 5.72. The molecular weight excluding hydrogens is 444 g/mol. The van der Waals surface area contributed by atoms with Crippen molar-refractivity contribution in [2.24, 2.45) is 0 Å². The largest absolute Gasteiger partial charge is 0.394 e. The molecule has 3 heterocycles. The zero-order valence-corrected chi connectivity index (χ0v) is 16.7. The second kappa shape index (κ2) is 10.8. The SMILES string of the molecule is OC[C@@H]1O[C@@H](OC[C@H]2OC(O)[C@H](O)[C@@H](O)[C@@H]2O[C@H]2O[C@H](CO)[C@@H](O)[C@H](O)[C@H]2O)[C@H](O)[C@H]1O. The maximum absolute atomic E-state index is 10.4. The quantitative estimate of drug-likeness (QED) is 0.165. The molecule has 10 N–H and O–H groups in total. The monoisotopic (exact) mass is 474 g/mol. The smallest absolute Gasteiger partial charge is 0.187 e. The number of rotatable bonds is 7. The summed E-state index contributed by atoms with van der Waals surface area (Å²) in [6.45, 7) is -1.85. The molecule has 3 fully saturated rings. The normalized spacial score (nSPS) is 52.3. The van der Waals surface area contributed by atoms with Crippen molar-refractivity contribution in [3.8, 4) is 0 Å². The fourth-order valence-electron chi connectivity index (χ4n) is 3.75. The fourth-order valence-corrected chi connectivity index (χ4v) is 3.75. The summed E-state index contributed by atoms with van der Waals surface area (Å²) in [5, 5.41) is 98.2. The zero-order chi connectivity index (χ0) is 23.7. The molecule has 15 heteroatoms. The molecule has 32 heavy (non-hydrogen) atoms. The van der Waals surface area contributed by atoms with E-state index in [2.05, 4.69) is 0 Å². The summed E-state index contributed by atoms with van der Waals surface area (Å²) in [5.74, 6) is 0. The van der Waals surface area contributed by atoms with Gasteiger partial charge in [-0.15, -0.1) is 0 Å². The van der Waals surface area contributed by atoms with Crippen LogP contribution in [0.5, 0.6) is 0 Å². The van der Waals surface area contributed by atoms with Crippen LogP contribution in [0.1, 0.15) is 0 Å². The van der Waals surface area contributed by atoms with Gasteiger partial charge in [-0.2, -0.15) is 0 Å². The van der Waals surface area contributed by atoms with Crippen LogP contribution in [0.15, 0.2) is 0 Å². The van der Waals surface area contributed by atoms with Crippen LogP contribution in [0, 0.1) is 0 Å². The third-order valence-corrected chi connectivity index (χ3v) is 5.72. The first kappa shape index (κ1) is 26.0. The van der Waals surface area contributed by atoms with Gasteiger partial charge in [0.2, 0.25) is 0 Å². The maximum Gasteiger partial charge on any atom is 0.187 e. The highest BCUT2D eigenvalue weighted by molar-refractivity contribution is 4.94. The number of aliphatic hydroxyl groups is 10. The van der Waals surface area contributed by atoms with E-state index >= 15 is 0 Å². The summed E-state index contributed by atoms with van der Waals surface area (Å²) >= 11 is 0. The summed E-state index contributed by atoms with van der Waals surface area (Å²) in [5.41, 5.74) is 0. The Bertz CT molecular complexity index is 594. The van der Waals surface area contributed by atoms with Crippen molar-refractivity contribution in [3.05, 3.63) is 0 Å². The highest BCUT2D eigenvalue weighted by atomic mass is 16.7. The Labute approximate surface area is 181 Å². The second-order valence-electron chi connectivity index (χ2n) is 7.88. The van der Waals surface area contributed by atoms with Crippen molar-refractivity contribution in [2.75, 3.05) is 19.8 Å². The van der Waals surface area contributed by atoms with E-state index in [1.54, 1.807) is 0 Å².